The normalized spacial score (nSPS) is 23.3. The van der Waals surface area contributed by atoms with Crippen LogP contribution >= 0.6 is 0 Å². The predicted octanol–water partition coefficient (Wildman–Crippen LogP) is 2.55. The Hall–Kier alpha value is -2.79. The van der Waals surface area contributed by atoms with E-state index in [1.165, 1.54) is 11.6 Å². The zero-order chi connectivity index (χ0) is 22.2. The molecule has 0 radical (unpaired) electrons. The third kappa shape index (κ3) is 3.90. The first kappa shape index (κ1) is 21.1. The summed E-state index contributed by atoms with van der Waals surface area (Å²) in [5, 5.41) is 12.9. The maximum atomic E-state index is 13.9. The van der Waals surface area contributed by atoms with Crippen molar-refractivity contribution in [2.24, 2.45) is 0 Å². The van der Waals surface area contributed by atoms with Gasteiger partial charge in [-0.1, -0.05) is 18.2 Å². The van der Waals surface area contributed by atoms with Crippen LogP contribution in [0.25, 0.3) is 0 Å². The summed E-state index contributed by atoms with van der Waals surface area (Å²) < 4.78 is 19.0. The number of nitrogens with zero attached hydrogens (tertiary/aromatic N) is 3. The number of carbonyl (C=O) groups excluding carboxylic acids is 1. The molecule has 3 aliphatic heterocycles. The van der Waals surface area contributed by atoms with E-state index >= 15 is 0 Å². The second-order valence-electron chi connectivity index (χ2n) is 8.98. The van der Waals surface area contributed by atoms with Crippen LogP contribution in [0, 0.1) is 24.1 Å². The van der Waals surface area contributed by atoms with E-state index in [0.717, 1.165) is 62.4 Å². The van der Waals surface area contributed by atoms with E-state index < -0.39 is 5.82 Å². The van der Waals surface area contributed by atoms with E-state index in [1.54, 1.807) is 0 Å². The lowest BCUT2D eigenvalue weighted by molar-refractivity contribution is 0.0426. The molecular formula is C25H27FN4O2. The highest BCUT2D eigenvalue weighted by molar-refractivity contribution is 5.93. The lowest BCUT2D eigenvalue weighted by Gasteiger charge is -2.47. The van der Waals surface area contributed by atoms with E-state index in [0.29, 0.717) is 18.2 Å². The van der Waals surface area contributed by atoms with Gasteiger partial charge in [-0.2, -0.15) is 5.26 Å². The molecule has 1 N–H and O–H groups in total. The van der Waals surface area contributed by atoms with Crippen molar-refractivity contribution in [2.75, 3.05) is 39.3 Å². The smallest absolute Gasteiger partial charge is 0.338 e. The van der Waals surface area contributed by atoms with Crippen LogP contribution in [0.2, 0.25) is 0 Å². The number of nitrogens with one attached hydrogen (secondary N) is 1. The van der Waals surface area contributed by atoms with E-state index in [1.807, 2.05) is 31.2 Å². The van der Waals surface area contributed by atoms with Crippen LogP contribution in [-0.2, 0) is 17.8 Å². The number of benzene rings is 2. The molecule has 0 aromatic heterocycles. The third-order valence-electron chi connectivity index (χ3n) is 7.11. The summed E-state index contributed by atoms with van der Waals surface area (Å²) in [6, 6.07) is 11.8. The van der Waals surface area contributed by atoms with Gasteiger partial charge in [0.1, 0.15) is 18.5 Å². The van der Waals surface area contributed by atoms with Crippen molar-refractivity contribution >= 4 is 5.97 Å². The molecule has 0 spiro atoms. The molecule has 2 aromatic rings. The van der Waals surface area contributed by atoms with Crippen LogP contribution in [0.1, 0.15) is 44.2 Å². The molecule has 2 fully saturated rings. The number of rotatable bonds is 4. The van der Waals surface area contributed by atoms with E-state index in [9.17, 15) is 14.4 Å². The summed E-state index contributed by atoms with van der Waals surface area (Å²) in [5.74, 6) is -0.663. The number of esters is 1. The SMILES string of the molecule is Cc1c([C@H]2CN3CCN(CCc4ccc5c(c4)COC5=O)C[C@@H]3CN2)ccc(F)c1C#N. The highest BCUT2D eigenvalue weighted by Gasteiger charge is 2.34. The molecule has 5 rings (SSSR count). The van der Waals surface area contributed by atoms with Gasteiger partial charge in [-0.3, -0.25) is 4.90 Å². The van der Waals surface area contributed by atoms with Crippen LogP contribution in [-0.4, -0.2) is 61.1 Å². The summed E-state index contributed by atoms with van der Waals surface area (Å²) >= 11 is 0. The van der Waals surface area contributed by atoms with Gasteiger partial charge in [-0.15, -0.1) is 0 Å². The van der Waals surface area contributed by atoms with Gasteiger partial charge in [-0.25, -0.2) is 9.18 Å². The average Bonchev–Trinajstić information content (AvgIpc) is 3.18. The molecule has 3 heterocycles. The number of hydrogen-bond donors (Lipinski definition) is 1. The van der Waals surface area contributed by atoms with Gasteiger partial charge in [0.25, 0.3) is 0 Å². The minimum atomic E-state index is -0.446. The van der Waals surface area contributed by atoms with E-state index in [2.05, 4.69) is 21.2 Å². The predicted molar refractivity (Wildman–Crippen MR) is 118 cm³/mol. The van der Waals surface area contributed by atoms with Crippen molar-refractivity contribution < 1.29 is 13.9 Å². The summed E-state index contributed by atoms with van der Waals surface area (Å²) in [6.45, 7) is 7.99. The molecule has 2 atom stereocenters. The number of cyclic esters (lactones) is 1. The third-order valence-corrected chi connectivity index (χ3v) is 7.11. The van der Waals surface area contributed by atoms with Gasteiger partial charge in [0.2, 0.25) is 0 Å². The zero-order valence-electron chi connectivity index (χ0n) is 18.2. The van der Waals surface area contributed by atoms with Crippen LogP contribution in [0.15, 0.2) is 30.3 Å². The fourth-order valence-electron chi connectivity index (χ4n) is 5.22. The minimum Gasteiger partial charge on any atom is -0.457 e. The first-order chi connectivity index (χ1) is 15.5. The standard InChI is InChI=1S/C25H27FN4O2/c1-16-20(4-5-23(26)22(16)11-27)24-14-30-9-8-29(13-19(30)12-28-24)7-6-17-2-3-21-18(10-17)15-32-25(21)31/h2-5,10,19,24,28H,6-9,12-15H2,1H3/t19-,24+/m0/s1. The zero-order valence-corrected chi connectivity index (χ0v) is 18.2. The molecule has 3 aliphatic rings. The van der Waals surface area contributed by atoms with Gasteiger partial charge in [0.05, 0.1) is 11.1 Å². The second kappa shape index (κ2) is 8.62. The first-order valence-electron chi connectivity index (χ1n) is 11.2. The average molecular weight is 435 g/mol. The van der Waals surface area contributed by atoms with Crippen molar-refractivity contribution in [1.29, 1.82) is 5.26 Å². The molecule has 2 aromatic carbocycles. The fraction of sp³-hybridized carbons (Fsp3) is 0.440. The van der Waals surface area contributed by atoms with Crippen LogP contribution in [0.4, 0.5) is 4.39 Å². The molecule has 32 heavy (non-hydrogen) atoms. The fourth-order valence-corrected chi connectivity index (χ4v) is 5.22. The number of ether oxygens (including phenoxy) is 1. The monoisotopic (exact) mass is 434 g/mol. The van der Waals surface area contributed by atoms with Gasteiger partial charge in [0.15, 0.2) is 0 Å². The number of halogens is 1. The van der Waals surface area contributed by atoms with E-state index in [-0.39, 0.29) is 17.6 Å². The Balaban J connectivity index is 1.18. The molecule has 166 valence electrons. The summed E-state index contributed by atoms with van der Waals surface area (Å²) in [5.41, 5.74) is 4.84. The van der Waals surface area contributed by atoms with Crippen molar-refractivity contribution in [3.8, 4) is 6.07 Å². The Morgan fingerprint density at radius 2 is 2.12 bits per heavy atom. The molecule has 0 saturated carbocycles. The highest BCUT2D eigenvalue weighted by Crippen LogP contribution is 2.28. The minimum absolute atomic E-state index is 0.113. The van der Waals surface area contributed by atoms with E-state index in [4.69, 9.17) is 4.74 Å². The number of fused-ring (bicyclic) bond motifs is 2. The second-order valence-corrected chi connectivity index (χ2v) is 8.98. The lowest BCUT2D eigenvalue weighted by atomic mass is 9.93. The Labute approximate surface area is 187 Å². The van der Waals surface area contributed by atoms with Crippen molar-refractivity contribution in [3.63, 3.8) is 0 Å². The van der Waals surface area contributed by atoms with Gasteiger partial charge in [0, 0.05) is 56.9 Å². The topological polar surface area (TPSA) is 68.6 Å². The molecule has 0 aliphatic carbocycles. The Morgan fingerprint density at radius 3 is 2.97 bits per heavy atom. The molecule has 6 nitrogen and oxygen atoms in total. The van der Waals surface area contributed by atoms with Crippen molar-refractivity contribution in [3.05, 3.63) is 69.5 Å². The van der Waals surface area contributed by atoms with Crippen LogP contribution in [0.3, 0.4) is 0 Å². The summed E-state index contributed by atoms with van der Waals surface area (Å²) in [7, 11) is 0. The highest BCUT2D eigenvalue weighted by atomic mass is 19.1. The molecule has 0 amide bonds. The van der Waals surface area contributed by atoms with Gasteiger partial charge >= 0.3 is 5.97 Å². The number of nitriles is 1. The number of hydrogen-bond acceptors (Lipinski definition) is 6. The largest absolute Gasteiger partial charge is 0.457 e. The number of carbonyl (C=O) groups is 1. The maximum absolute atomic E-state index is 13.9. The first-order valence-corrected chi connectivity index (χ1v) is 11.2. The Morgan fingerprint density at radius 1 is 1.25 bits per heavy atom. The molecule has 0 unspecified atom stereocenters. The maximum Gasteiger partial charge on any atom is 0.338 e. The van der Waals surface area contributed by atoms with Crippen LogP contribution < -0.4 is 5.32 Å². The van der Waals surface area contributed by atoms with Crippen molar-refractivity contribution in [1.82, 2.24) is 15.1 Å². The molecule has 0 bridgehead atoms. The molecule has 7 heteroatoms. The number of piperazine rings is 2. The van der Waals surface area contributed by atoms with Gasteiger partial charge in [-0.05, 0) is 42.2 Å². The Bertz CT molecular complexity index is 1100. The Kier molecular flexibility index (Phi) is 5.68. The molecular weight excluding hydrogens is 407 g/mol. The molecule has 2 saturated heterocycles. The quantitative estimate of drug-likeness (QED) is 0.746. The van der Waals surface area contributed by atoms with Crippen molar-refractivity contribution in [2.45, 2.75) is 32.0 Å². The summed E-state index contributed by atoms with van der Waals surface area (Å²) in [6.07, 6.45) is 0.954. The van der Waals surface area contributed by atoms with Crippen LogP contribution in [0.5, 0.6) is 0 Å². The lowest BCUT2D eigenvalue weighted by Crippen LogP contribution is -2.61. The van der Waals surface area contributed by atoms with Gasteiger partial charge < -0.3 is 15.0 Å². The summed E-state index contributed by atoms with van der Waals surface area (Å²) in [4.78, 5) is 16.7.